The summed E-state index contributed by atoms with van der Waals surface area (Å²) in [5.74, 6) is 0.974. The number of rotatable bonds is 9. The first kappa shape index (κ1) is 29.1. The minimum absolute atomic E-state index is 0.0274. The molecule has 42 heavy (non-hydrogen) atoms. The van der Waals surface area contributed by atoms with E-state index in [1.54, 1.807) is 18.4 Å². The summed E-state index contributed by atoms with van der Waals surface area (Å²) in [5.41, 5.74) is 4.59. The topological polar surface area (TPSA) is 79.1 Å². The molecule has 0 N–H and O–H groups in total. The summed E-state index contributed by atoms with van der Waals surface area (Å²) in [7, 11) is 0. The lowest BCUT2D eigenvalue weighted by Gasteiger charge is -2.25. The Morgan fingerprint density at radius 1 is 0.976 bits per heavy atom. The van der Waals surface area contributed by atoms with Crippen LogP contribution in [0.1, 0.15) is 56.0 Å². The van der Waals surface area contributed by atoms with Gasteiger partial charge in [0.2, 0.25) is 0 Å². The van der Waals surface area contributed by atoms with E-state index >= 15 is 0 Å². The van der Waals surface area contributed by atoms with E-state index < -0.39 is 12.0 Å². The molecule has 0 saturated heterocycles. The Labute approximate surface area is 249 Å². The zero-order valence-electron chi connectivity index (χ0n) is 24.4. The van der Waals surface area contributed by atoms with Crippen molar-refractivity contribution in [2.45, 2.75) is 53.4 Å². The van der Waals surface area contributed by atoms with Gasteiger partial charge in [-0.2, -0.15) is 0 Å². The third kappa shape index (κ3) is 6.39. The second-order valence-corrected chi connectivity index (χ2v) is 11.4. The molecule has 5 rings (SSSR count). The number of aromatic nitrogens is 1. The van der Waals surface area contributed by atoms with Gasteiger partial charge in [0.15, 0.2) is 4.80 Å². The molecule has 1 aliphatic rings. The lowest BCUT2D eigenvalue weighted by Crippen LogP contribution is -2.39. The van der Waals surface area contributed by atoms with Gasteiger partial charge < -0.3 is 14.2 Å². The highest BCUT2D eigenvalue weighted by atomic mass is 32.1. The van der Waals surface area contributed by atoms with Crippen LogP contribution in [0.3, 0.4) is 0 Å². The fourth-order valence-corrected chi connectivity index (χ4v) is 5.82. The van der Waals surface area contributed by atoms with E-state index in [4.69, 9.17) is 14.2 Å². The lowest BCUT2D eigenvalue weighted by molar-refractivity contribution is -0.139. The summed E-state index contributed by atoms with van der Waals surface area (Å²) in [6, 6.07) is 22.7. The van der Waals surface area contributed by atoms with Gasteiger partial charge in [-0.1, -0.05) is 65.4 Å². The number of benzene rings is 3. The molecule has 1 atom stereocenters. The first-order valence-electron chi connectivity index (χ1n) is 14.0. The molecular formula is C34H34N2O5S. The summed E-state index contributed by atoms with van der Waals surface area (Å²) >= 11 is 1.30. The largest absolute Gasteiger partial charge is 0.491 e. The van der Waals surface area contributed by atoms with Gasteiger partial charge in [-0.3, -0.25) is 9.36 Å². The van der Waals surface area contributed by atoms with Crippen LogP contribution >= 0.6 is 11.3 Å². The van der Waals surface area contributed by atoms with Crippen molar-refractivity contribution in [2.24, 2.45) is 4.99 Å². The standard InChI is InChI=1S/C34H34N2O5S/c1-6-39-33(38)30-23(5)35-34-36(31(30)26-13-17-28(18-14-26)41-21(2)3)32(37)29(42-34)19-24-11-15-27(16-12-24)40-20-25-9-7-22(4)8-10-25/h7-19,21,31H,6,20H2,1-5H3/b29-19-/t31-/m1/s1. The highest BCUT2D eigenvalue weighted by molar-refractivity contribution is 7.07. The second-order valence-electron chi connectivity index (χ2n) is 10.4. The van der Waals surface area contributed by atoms with Crippen LogP contribution in [0.5, 0.6) is 11.5 Å². The van der Waals surface area contributed by atoms with Crippen molar-refractivity contribution >= 4 is 23.4 Å². The molecule has 1 aliphatic heterocycles. The summed E-state index contributed by atoms with van der Waals surface area (Å²) in [6.45, 7) is 10.2. The number of nitrogens with zero attached hydrogens (tertiary/aromatic N) is 2. The van der Waals surface area contributed by atoms with Crippen molar-refractivity contribution in [1.82, 2.24) is 4.57 Å². The van der Waals surface area contributed by atoms with Gasteiger partial charge in [0.05, 0.1) is 34.6 Å². The average Bonchev–Trinajstić information content (AvgIpc) is 3.27. The van der Waals surface area contributed by atoms with Crippen LogP contribution in [-0.4, -0.2) is 23.2 Å². The van der Waals surface area contributed by atoms with Crippen LogP contribution in [-0.2, 0) is 16.1 Å². The molecule has 2 heterocycles. The zero-order chi connectivity index (χ0) is 29.8. The van der Waals surface area contributed by atoms with E-state index in [1.165, 1.54) is 16.9 Å². The van der Waals surface area contributed by atoms with Crippen molar-refractivity contribution in [2.75, 3.05) is 6.61 Å². The molecule has 0 spiro atoms. The highest BCUT2D eigenvalue weighted by Gasteiger charge is 2.33. The normalized spacial score (nSPS) is 14.9. The maximum Gasteiger partial charge on any atom is 0.338 e. The Morgan fingerprint density at radius 2 is 1.64 bits per heavy atom. The minimum Gasteiger partial charge on any atom is -0.491 e. The Kier molecular flexibility index (Phi) is 8.73. The smallest absolute Gasteiger partial charge is 0.338 e. The van der Waals surface area contributed by atoms with Crippen LogP contribution in [0.4, 0.5) is 0 Å². The molecule has 7 nitrogen and oxygen atoms in total. The SMILES string of the molecule is CCOC(=O)C1=C(C)N=c2s/c(=C\c3ccc(OCc4ccc(C)cc4)cc3)c(=O)n2[C@@H]1c1ccc(OC(C)C)cc1. The summed E-state index contributed by atoms with van der Waals surface area (Å²) in [4.78, 5) is 32.2. The van der Waals surface area contributed by atoms with Gasteiger partial charge in [0.1, 0.15) is 18.1 Å². The van der Waals surface area contributed by atoms with Crippen LogP contribution < -0.4 is 24.4 Å². The molecule has 0 amide bonds. The predicted molar refractivity (Wildman–Crippen MR) is 165 cm³/mol. The molecule has 3 aromatic carbocycles. The average molecular weight is 583 g/mol. The maximum absolute atomic E-state index is 13.9. The first-order chi connectivity index (χ1) is 20.2. The second kappa shape index (κ2) is 12.6. The van der Waals surface area contributed by atoms with E-state index in [0.717, 1.165) is 22.4 Å². The fraction of sp³-hybridized carbons (Fsp3) is 0.265. The summed E-state index contributed by atoms with van der Waals surface area (Å²) < 4.78 is 19.2. The van der Waals surface area contributed by atoms with Gasteiger partial charge in [-0.25, -0.2) is 9.79 Å². The summed E-state index contributed by atoms with van der Waals surface area (Å²) in [6.07, 6.45) is 1.87. The van der Waals surface area contributed by atoms with E-state index in [9.17, 15) is 9.59 Å². The Bertz CT molecular complexity index is 1780. The van der Waals surface area contributed by atoms with E-state index in [1.807, 2.05) is 68.5 Å². The van der Waals surface area contributed by atoms with Crippen molar-refractivity contribution in [3.8, 4) is 11.5 Å². The Balaban J connectivity index is 1.48. The Hall–Kier alpha value is -4.43. The number of esters is 1. The van der Waals surface area contributed by atoms with Gasteiger partial charge in [-0.15, -0.1) is 0 Å². The zero-order valence-corrected chi connectivity index (χ0v) is 25.2. The molecule has 0 fully saturated rings. The number of hydrogen-bond acceptors (Lipinski definition) is 7. The van der Waals surface area contributed by atoms with Crippen LogP contribution in [0.25, 0.3) is 6.08 Å². The monoisotopic (exact) mass is 582 g/mol. The molecule has 0 bridgehead atoms. The van der Waals surface area contributed by atoms with Gasteiger partial charge in [0.25, 0.3) is 5.56 Å². The quantitative estimate of drug-likeness (QED) is 0.245. The van der Waals surface area contributed by atoms with Crippen LogP contribution in [0.15, 0.2) is 93.9 Å². The van der Waals surface area contributed by atoms with Crippen LogP contribution in [0.2, 0.25) is 0 Å². The summed E-state index contributed by atoms with van der Waals surface area (Å²) in [5, 5.41) is 0. The maximum atomic E-state index is 13.9. The van der Waals surface area contributed by atoms with Crippen molar-refractivity contribution in [1.29, 1.82) is 0 Å². The number of hydrogen-bond donors (Lipinski definition) is 0. The van der Waals surface area contributed by atoms with E-state index in [0.29, 0.717) is 33.0 Å². The van der Waals surface area contributed by atoms with E-state index in [-0.39, 0.29) is 18.3 Å². The minimum atomic E-state index is -0.673. The van der Waals surface area contributed by atoms with E-state index in [2.05, 4.69) is 36.2 Å². The lowest BCUT2D eigenvalue weighted by atomic mass is 9.96. The molecular weight excluding hydrogens is 548 g/mol. The molecule has 0 saturated carbocycles. The number of allylic oxidation sites excluding steroid dienone is 1. The van der Waals surface area contributed by atoms with Gasteiger partial charge in [0, 0.05) is 0 Å². The third-order valence-electron chi connectivity index (χ3n) is 6.79. The molecule has 0 aliphatic carbocycles. The van der Waals surface area contributed by atoms with Crippen molar-refractivity contribution in [3.05, 3.63) is 126 Å². The van der Waals surface area contributed by atoms with Gasteiger partial charge >= 0.3 is 5.97 Å². The third-order valence-corrected chi connectivity index (χ3v) is 7.77. The highest BCUT2D eigenvalue weighted by Crippen LogP contribution is 2.31. The molecule has 8 heteroatoms. The number of thiazole rings is 1. The molecule has 1 aromatic heterocycles. The van der Waals surface area contributed by atoms with Crippen molar-refractivity contribution < 1.29 is 19.0 Å². The first-order valence-corrected chi connectivity index (χ1v) is 14.8. The predicted octanol–water partition coefficient (Wildman–Crippen LogP) is 5.47. The molecule has 0 unspecified atom stereocenters. The number of ether oxygens (including phenoxy) is 3. The fourth-order valence-electron chi connectivity index (χ4n) is 4.77. The molecule has 4 aromatic rings. The number of aryl methyl sites for hydroxylation is 1. The number of fused-ring (bicyclic) bond motifs is 1. The van der Waals surface area contributed by atoms with Crippen molar-refractivity contribution in [3.63, 3.8) is 0 Å². The van der Waals surface area contributed by atoms with Gasteiger partial charge in [-0.05, 0) is 81.7 Å². The number of carbonyl (C=O) groups is 1. The number of carbonyl (C=O) groups excluding carboxylic acids is 1. The molecule has 0 radical (unpaired) electrons. The van der Waals surface area contributed by atoms with Crippen LogP contribution in [0, 0.1) is 6.92 Å². The Morgan fingerprint density at radius 3 is 2.29 bits per heavy atom. The molecule has 216 valence electrons.